The molecular formula is C11H21NOSSi. The van der Waals surface area contributed by atoms with Gasteiger partial charge in [0, 0.05) is 11.6 Å². The Balaban J connectivity index is 2.66. The quantitative estimate of drug-likeness (QED) is 0.606. The van der Waals surface area contributed by atoms with Crippen LogP contribution in [-0.4, -0.2) is 35.5 Å². The Morgan fingerprint density at radius 2 is 2.20 bits per heavy atom. The highest BCUT2D eigenvalue weighted by Gasteiger charge is 2.32. The topological polar surface area (TPSA) is 23.5 Å². The summed E-state index contributed by atoms with van der Waals surface area (Å²) >= 11 is 4.80. The average Bonchev–Trinajstić information content (AvgIpc) is 2.51. The highest BCUT2D eigenvalue weighted by Crippen LogP contribution is 2.27. The summed E-state index contributed by atoms with van der Waals surface area (Å²) in [6.07, 6.45) is 4.05. The Kier molecular flexibility index (Phi) is 4.09. The van der Waals surface area contributed by atoms with E-state index in [0.29, 0.717) is 6.04 Å². The summed E-state index contributed by atoms with van der Waals surface area (Å²) in [7, 11) is -1.24. The molecule has 1 rings (SSSR count). The third kappa shape index (κ3) is 3.13. The van der Waals surface area contributed by atoms with Crippen LogP contribution < -0.4 is 0 Å². The van der Waals surface area contributed by atoms with Gasteiger partial charge in [-0.2, -0.15) is 0 Å². The summed E-state index contributed by atoms with van der Waals surface area (Å²) in [5, 5.41) is 9.37. The second-order valence-electron chi connectivity index (χ2n) is 5.09. The van der Waals surface area contributed by atoms with Gasteiger partial charge in [-0.05, 0) is 31.6 Å². The van der Waals surface area contributed by atoms with Gasteiger partial charge in [-0.1, -0.05) is 32.6 Å². The van der Waals surface area contributed by atoms with Crippen LogP contribution in [0.15, 0.2) is 11.6 Å². The molecule has 0 fully saturated rings. The zero-order valence-corrected chi connectivity index (χ0v) is 11.9. The van der Waals surface area contributed by atoms with Crippen LogP contribution in [0, 0.1) is 0 Å². The van der Waals surface area contributed by atoms with E-state index in [0.717, 1.165) is 25.0 Å². The number of aliphatic hydroxyl groups excluding tert-OH is 1. The maximum atomic E-state index is 9.28. The van der Waals surface area contributed by atoms with Crippen molar-refractivity contribution >= 4 is 25.5 Å². The molecular weight excluding hydrogens is 222 g/mol. The molecule has 0 bridgehead atoms. The molecule has 1 unspecified atom stereocenters. The van der Waals surface area contributed by atoms with E-state index in [1.807, 2.05) is 0 Å². The van der Waals surface area contributed by atoms with E-state index in [1.165, 1.54) is 0 Å². The second-order valence-corrected chi connectivity index (χ2v) is 10.4. The number of rotatable bonds is 4. The fourth-order valence-electron chi connectivity index (χ4n) is 2.39. The van der Waals surface area contributed by atoms with Crippen LogP contribution in [-0.2, 0) is 0 Å². The summed E-state index contributed by atoms with van der Waals surface area (Å²) in [6, 6.07) is 0.557. The second kappa shape index (κ2) is 4.76. The summed E-state index contributed by atoms with van der Waals surface area (Å²) in [5.74, 6) is 0. The van der Waals surface area contributed by atoms with E-state index in [2.05, 4.69) is 37.2 Å². The van der Waals surface area contributed by atoms with E-state index in [4.69, 9.17) is 12.2 Å². The normalized spacial score (nSPS) is 21.9. The third-order valence-electron chi connectivity index (χ3n) is 3.01. The highest BCUT2D eigenvalue weighted by atomic mass is 32.1. The third-order valence-corrected chi connectivity index (χ3v) is 5.68. The Morgan fingerprint density at radius 1 is 1.60 bits per heavy atom. The number of hydrogen-bond acceptors (Lipinski definition) is 2. The lowest BCUT2D eigenvalue weighted by molar-refractivity contribution is 0.339. The molecule has 1 atom stereocenters. The van der Waals surface area contributed by atoms with E-state index < -0.39 is 8.24 Å². The van der Waals surface area contributed by atoms with Crippen LogP contribution in [0.2, 0.25) is 19.6 Å². The first-order valence-electron chi connectivity index (χ1n) is 5.55. The Hall–Kier alpha value is -0.193. The lowest BCUT2D eigenvalue weighted by atomic mass is 10.2. The van der Waals surface area contributed by atoms with Gasteiger partial charge >= 0.3 is 0 Å². The lowest BCUT2D eigenvalue weighted by Crippen LogP contribution is -2.51. The van der Waals surface area contributed by atoms with Gasteiger partial charge in [0.25, 0.3) is 0 Å². The Bertz CT molecular complexity index is 283. The molecule has 0 saturated heterocycles. The van der Waals surface area contributed by atoms with Crippen molar-refractivity contribution in [2.75, 3.05) is 6.54 Å². The van der Waals surface area contributed by atoms with Crippen molar-refractivity contribution in [1.82, 2.24) is 4.57 Å². The lowest BCUT2D eigenvalue weighted by Gasteiger charge is -2.38. The van der Waals surface area contributed by atoms with Crippen molar-refractivity contribution in [2.45, 2.75) is 45.4 Å². The van der Waals surface area contributed by atoms with Crippen molar-refractivity contribution in [3.8, 4) is 0 Å². The van der Waals surface area contributed by atoms with Gasteiger partial charge in [0.15, 0.2) is 5.05 Å². The molecule has 1 aliphatic rings. The fourth-order valence-corrected chi connectivity index (χ4v) is 4.80. The molecule has 0 amide bonds. The van der Waals surface area contributed by atoms with Crippen molar-refractivity contribution in [3.05, 3.63) is 11.6 Å². The molecule has 1 N–H and O–H groups in total. The highest BCUT2D eigenvalue weighted by molar-refractivity contribution is 7.80. The van der Waals surface area contributed by atoms with Crippen LogP contribution >= 0.6 is 12.2 Å². The van der Waals surface area contributed by atoms with Crippen LogP contribution in [0.1, 0.15) is 19.8 Å². The van der Waals surface area contributed by atoms with Crippen LogP contribution in [0.3, 0.4) is 0 Å². The summed E-state index contributed by atoms with van der Waals surface area (Å²) in [6.45, 7) is 10.4. The molecule has 86 valence electrons. The van der Waals surface area contributed by atoms with E-state index in [9.17, 15) is 5.11 Å². The van der Waals surface area contributed by atoms with Crippen LogP contribution in [0.5, 0.6) is 0 Å². The molecule has 4 heteroatoms. The Labute approximate surface area is 99.1 Å². The van der Waals surface area contributed by atoms with E-state index in [-0.39, 0.29) is 5.05 Å². The van der Waals surface area contributed by atoms with Crippen LogP contribution in [0.25, 0.3) is 0 Å². The van der Waals surface area contributed by atoms with Crippen molar-refractivity contribution in [2.24, 2.45) is 0 Å². The number of nitrogens with zero attached hydrogens (tertiary/aromatic N) is 1. The van der Waals surface area contributed by atoms with Gasteiger partial charge in [-0.25, -0.2) is 0 Å². The predicted molar refractivity (Wildman–Crippen MR) is 72.1 cm³/mol. The van der Waals surface area contributed by atoms with Gasteiger partial charge < -0.3 is 9.67 Å². The average molecular weight is 243 g/mol. The minimum atomic E-state index is -1.24. The first-order valence-corrected chi connectivity index (χ1v) is 9.41. The smallest absolute Gasteiger partial charge is 0.184 e. The predicted octanol–water partition coefficient (Wildman–Crippen LogP) is 3.12. The fraction of sp³-hybridized carbons (Fsp3) is 0.727. The largest absolute Gasteiger partial charge is 0.499 e. The maximum Gasteiger partial charge on any atom is 0.184 e. The van der Waals surface area contributed by atoms with Gasteiger partial charge in [-0.15, -0.1) is 0 Å². The standard InChI is InChI=1S/C11H21NOSSi/c1-5-12(15(2,3)4)10-7-6-9(8-10)11(13)14/h6,10H,5,7-8H2,1-4H3,(H,13,14). The summed E-state index contributed by atoms with van der Waals surface area (Å²) in [4.78, 5) is 0. The first-order chi connectivity index (χ1) is 6.86. The van der Waals surface area contributed by atoms with Gasteiger partial charge in [-0.3, -0.25) is 0 Å². The zero-order chi connectivity index (χ0) is 11.6. The molecule has 15 heavy (non-hydrogen) atoms. The molecule has 1 aliphatic carbocycles. The van der Waals surface area contributed by atoms with Crippen molar-refractivity contribution < 1.29 is 5.11 Å². The van der Waals surface area contributed by atoms with E-state index >= 15 is 0 Å². The van der Waals surface area contributed by atoms with E-state index in [1.54, 1.807) is 0 Å². The van der Waals surface area contributed by atoms with Gasteiger partial charge in [0.05, 0.1) is 0 Å². The zero-order valence-electron chi connectivity index (χ0n) is 10.1. The monoisotopic (exact) mass is 243 g/mol. The number of thiocarbonyl (C=S) groups is 1. The SMILES string of the molecule is CCN(C1CC=C(C(O)=S)C1)[Si](C)(C)C. The Morgan fingerprint density at radius 3 is 2.53 bits per heavy atom. The molecule has 0 heterocycles. The molecule has 0 radical (unpaired) electrons. The molecule has 0 aromatic rings. The number of aliphatic hydroxyl groups is 1. The first kappa shape index (κ1) is 12.9. The van der Waals surface area contributed by atoms with Crippen LogP contribution in [0.4, 0.5) is 0 Å². The summed E-state index contributed by atoms with van der Waals surface area (Å²) < 4.78 is 2.61. The van der Waals surface area contributed by atoms with Gasteiger partial charge in [0.2, 0.25) is 0 Å². The molecule has 0 aliphatic heterocycles. The van der Waals surface area contributed by atoms with Crippen molar-refractivity contribution in [3.63, 3.8) is 0 Å². The minimum Gasteiger partial charge on any atom is -0.499 e. The van der Waals surface area contributed by atoms with Gasteiger partial charge in [0.1, 0.15) is 8.24 Å². The maximum absolute atomic E-state index is 9.28. The van der Waals surface area contributed by atoms with Crippen molar-refractivity contribution in [1.29, 1.82) is 0 Å². The minimum absolute atomic E-state index is 0.0872. The molecule has 0 aromatic heterocycles. The number of hydrogen-bond donors (Lipinski definition) is 1. The molecule has 0 aromatic carbocycles. The molecule has 2 nitrogen and oxygen atoms in total. The molecule has 0 saturated carbocycles. The molecule has 0 spiro atoms. The summed E-state index contributed by atoms with van der Waals surface area (Å²) in [5.41, 5.74) is 0.965.